The SMILES string of the molecule is Cc1cccc(SCC(=O)Nc2c(Cl)cc(N)cc2Cl)c1. The number of amides is 1. The molecule has 6 heteroatoms. The Hall–Kier alpha value is -1.36. The first-order valence-corrected chi connectivity index (χ1v) is 7.93. The third-order valence-corrected chi connectivity index (χ3v) is 4.28. The summed E-state index contributed by atoms with van der Waals surface area (Å²) in [4.78, 5) is 13.0. The lowest BCUT2D eigenvalue weighted by Crippen LogP contribution is -2.14. The van der Waals surface area contributed by atoms with Gasteiger partial charge in [0, 0.05) is 10.6 Å². The van der Waals surface area contributed by atoms with E-state index in [4.69, 9.17) is 28.9 Å². The molecule has 0 aliphatic heterocycles. The van der Waals surface area contributed by atoms with E-state index in [0.29, 0.717) is 21.4 Å². The maximum Gasteiger partial charge on any atom is 0.234 e. The van der Waals surface area contributed by atoms with Gasteiger partial charge in [0.15, 0.2) is 0 Å². The molecule has 0 aliphatic carbocycles. The van der Waals surface area contributed by atoms with Crippen LogP contribution in [0, 0.1) is 6.92 Å². The number of nitrogens with one attached hydrogen (secondary N) is 1. The second kappa shape index (κ2) is 7.07. The van der Waals surface area contributed by atoms with E-state index >= 15 is 0 Å². The first-order chi connectivity index (χ1) is 9.95. The van der Waals surface area contributed by atoms with Crippen molar-refractivity contribution in [1.82, 2.24) is 0 Å². The average Bonchev–Trinajstić information content (AvgIpc) is 2.40. The van der Waals surface area contributed by atoms with Crippen molar-refractivity contribution in [1.29, 1.82) is 0 Å². The molecule has 0 heterocycles. The Kier molecular flexibility index (Phi) is 5.39. The fourth-order valence-electron chi connectivity index (χ4n) is 1.74. The van der Waals surface area contributed by atoms with Gasteiger partial charge >= 0.3 is 0 Å². The van der Waals surface area contributed by atoms with E-state index in [1.807, 2.05) is 31.2 Å². The number of aryl methyl sites for hydroxylation is 1. The summed E-state index contributed by atoms with van der Waals surface area (Å²) in [5.74, 6) is 0.107. The topological polar surface area (TPSA) is 55.1 Å². The molecule has 21 heavy (non-hydrogen) atoms. The Morgan fingerprint density at radius 3 is 2.52 bits per heavy atom. The smallest absolute Gasteiger partial charge is 0.234 e. The summed E-state index contributed by atoms with van der Waals surface area (Å²) in [6.07, 6.45) is 0. The van der Waals surface area contributed by atoms with Crippen molar-refractivity contribution in [3.8, 4) is 0 Å². The maximum absolute atomic E-state index is 12.0. The van der Waals surface area contributed by atoms with Crippen molar-refractivity contribution >= 4 is 52.2 Å². The van der Waals surface area contributed by atoms with E-state index < -0.39 is 0 Å². The molecule has 3 nitrogen and oxygen atoms in total. The second-order valence-corrected chi connectivity index (χ2v) is 6.38. The Bertz CT molecular complexity index is 653. The number of carbonyl (C=O) groups is 1. The molecule has 110 valence electrons. The average molecular weight is 341 g/mol. The van der Waals surface area contributed by atoms with Crippen LogP contribution in [0.5, 0.6) is 0 Å². The van der Waals surface area contributed by atoms with E-state index in [1.54, 1.807) is 12.1 Å². The van der Waals surface area contributed by atoms with Gasteiger partial charge in [-0.3, -0.25) is 4.79 Å². The summed E-state index contributed by atoms with van der Waals surface area (Å²) in [6, 6.07) is 11.1. The van der Waals surface area contributed by atoms with Crippen molar-refractivity contribution < 1.29 is 4.79 Å². The monoisotopic (exact) mass is 340 g/mol. The molecule has 0 radical (unpaired) electrons. The van der Waals surface area contributed by atoms with Gasteiger partial charge in [-0.05, 0) is 31.2 Å². The highest BCUT2D eigenvalue weighted by atomic mass is 35.5. The van der Waals surface area contributed by atoms with Crippen molar-refractivity contribution in [2.24, 2.45) is 0 Å². The normalized spacial score (nSPS) is 10.4. The van der Waals surface area contributed by atoms with Gasteiger partial charge in [0.05, 0.1) is 21.5 Å². The lowest BCUT2D eigenvalue weighted by molar-refractivity contribution is -0.113. The van der Waals surface area contributed by atoms with Gasteiger partial charge in [-0.2, -0.15) is 0 Å². The highest BCUT2D eigenvalue weighted by molar-refractivity contribution is 8.00. The standard InChI is InChI=1S/C15H14Cl2N2OS/c1-9-3-2-4-11(5-9)21-8-14(20)19-15-12(16)6-10(18)7-13(15)17/h2-7H,8,18H2,1H3,(H,19,20). The Morgan fingerprint density at radius 1 is 1.24 bits per heavy atom. The number of halogens is 2. The van der Waals surface area contributed by atoms with E-state index in [0.717, 1.165) is 10.5 Å². The number of hydrogen-bond acceptors (Lipinski definition) is 3. The van der Waals surface area contributed by atoms with Crippen molar-refractivity contribution in [3.05, 3.63) is 52.0 Å². The van der Waals surface area contributed by atoms with Gasteiger partial charge in [-0.1, -0.05) is 40.9 Å². The third-order valence-electron chi connectivity index (χ3n) is 2.69. The molecule has 0 atom stereocenters. The number of carbonyl (C=O) groups excluding carboxylic acids is 1. The fraction of sp³-hybridized carbons (Fsp3) is 0.133. The van der Waals surface area contributed by atoms with E-state index in [9.17, 15) is 4.79 Å². The number of anilines is 2. The zero-order chi connectivity index (χ0) is 15.4. The molecule has 2 aromatic rings. The van der Waals surface area contributed by atoms with Crippen molar-refractivity contribution in [3.63, 3.8) is 0 Å². The van der Waals surface area contributed by atoms with Crippen LogP contribution in [0.15, 0.2) is 41.3 Å². The van der Waals surface area contributed by atoms with Gasteiger partial charge in [0.2, 0.25) is 5.91 Å². The minimum atomic E-state index is -0.171. The third kappa shape index (κ3) is 4.56. The molecule has 0 fully saturated rings. The summed E-state index contributed by atoms with van der Waals surface area (Å²) in [5, 5.41) is 3.37. The van der Waals surface area contributed by atoms with E-state index in [1.165, 1.54) is 11.8 Å². The van der Waals surface area contributed by atoms with Gasteiger partial charge < -0.3 is 11.1 Å². The quantitative estimate of drug-likeness (QED) is 0.630. The molecule has 0 bridgehead atoms. The molecule has 0 unspecified atom stereocenters. The van der Waals surface area contributed by atoms with E-state index in [-0.39, 0.29) is 11.7 Å². The van der Waals surface area contributed by atoms with Crippen LogP contribution in [0.1, 0.15) is 5.56 Å². The molecule has 3 N–H and O–H groups in total. The van der Waals surface area contributed by atoms with E-state index in [2.05, 4.69) is 5.32 Å². The molecule has 2 rings (SSSR count). The van der Waals surface area contributed by atoms with Crippen LogP contribution in [0.3, 0.4) is 0 Å². The zero-order valence-corrected chi connectivity index (χ0v) is 13.6. The summed E-state index contributed by atoms with van der Waals surface area (Å²) in [5.41, 5.74) is 7.63. The van der Waals surface area contributed by atoms with Crippen LogP contribution in [0.25, 0.3) is 0 Å². The summed E-state index contributed by atoms with van der Waals surface area (Å²) < 4.78 is 0. The predicted octanol–water partition coefficient (Wildman–Crippen LogP) is 4.61. The number of nitrogen functional groups attached to an aromatic ring is 1. The molecule has 2 aromatic carbocycles. The lowest BCUT2D eigenvalue weighted by Gasteiger charge is -2.10. The summed E-state index contributed by atoms with van der Waals surface area (Å²) in [7, 11) is 0. The summed E-state index contributed by atoms with van der Waals surface area (Å²) in [6.45, 7) is 2.01. The first-order valence-electron chi connectivity index (χ1n) is 6.19. The Morgan fingerprint density at radius 2 is 1.90 bits per heavy atom. The molecule has 1 amide bonds. The molecule has 0 aliphatic rings. The maximum atomic E-state index is 12.0. The van der Waals surface area contributed by atoms with Crippen LogP contribution in [-0.4, -0.2) is 11.7 Å². The fourth-order valence-corrected chi connectivity index (χ4v) is 3.15. The zero-order valence-electron chi connectivity index (χ0n) is 11.3. The number of hydrogen-bond donors (Lipinski definition) is 2. The number of nitrogens with two attached hydrogens (primary N) is 1. The van der Waals surface area contributed by atoms with Crippen LogP contribution in [0.2, 0.25) is 10.0 Å². The molecular weight excluding hydrogens is 327 g/mol. The summed E-state index contributed by atoms with van der Waals surface area (Å²) >= 11 is 13.5. The Labute approximate surface area is 137 Å². The van der Waals surface area contributed by atoms with Gasteiger partial charge in [-0.25, -0.2) is 0 Å². The van der Waals surface area contributed by atoms with Gasteiger partial charge in [-0.15, -0.1) is 11.8 Å². The van der Waals surface area contributed by atoms with Crippen molar-refractivity contribution in [2.75, 3.05) is 16.8 Å². The van der Waals surface area contributed by atoms with Crippen LogP contribution in [0.4, 0.5) is 11.4 Å². The van der Waals surface area contributed by atoms with Crippen LogP contribution in [-0.2, 0) is 4.79 Å². The molecular formula is C15H14Cl2N2OS. The highest BCUT2D eigenvalue weighted by Crippen LogP contribution is 2.33. The molecule has 0 saturated heterocycles. The minimum absolute atomic E-state index is 0.171. The van der Waals surface area contributed by atoms with Crippen LogP contribution >= 0.6 is 35.0 Å². The van der Waals surface area contributed by atoms with Gasteiger partial charge in [0.1, 0.15) is 0 Å². The largest absolute Gasteiger partial charge is 0.399 e. The Balaban J connectivity index is 1.99. The van der Waals surface area contributed by atoms with Gasteiger partial charge in [0.25, 0.3) is 0 Å². The molecule has 0 spiro atoms. The molecule has 0 saturated carbocycles. The lowest BCUT2D eigenvalue weighted by atomic mass is 10.2. The number of thioether (sulfide) groups is 1. The highest BCUT2D eigenvalue weighted by Gasteiger charge is 2.11. The van der Waals surface area contributed by atoms with Crippen molar-refractivity contribution in [2.45, 2.75) is 11.8 Å². The minimum Gasteiger partial charge on any atom is -0.399 e. The first kappa shape index (κ1) is 16.0. The second-order valence-electron chi connectivity index (χ2n) is 4.51. The molecule has 0 aromatic heterocycles. The number of benzene rings is 2. The number of rotatable bonds is 4. The van der Waals surface area contributed by atoms with Crippen LogP contribution < -0.4 is 11.1 Å². The predicted molar refractivity (Wildman–Crippen MR) is 91.4 cm³/mol.